The molecule has 5 rings (SSSR count). The van der Waals surface area contributed by atoms with Crippen molar-refractivity contribution in [2.75, 3.05) is 20.2 Å². The standard InChI is InChI=1S/C22H20O9/c1-2-26-21(24)18-17(19(23)11-3-5-13-15(7-11)29-9-27-13)22(25)31-20(18)12-4-6-14-16(8-12)30-10-28-14/h3-8,17-20,23H,2,9-10H2,1H3/t17-,18+,19-,20+/m1/s1. The molecule has 2 aromatic carbocycles. The van der Waals surface area contributed by atoms with Crippen molar-refractivity contribution in [3.8, 4) is 23.0 Å². The van der Waals surface area contributed by atoms with Gasteiger partial charge < -0.3 is 33.5 Å². The summed E-state index contributed by atoms with van der Waals surface area (Å²) in [4.78, 5) is 25.7. The molecule has 4 atom stereocenters. The Morgan fingerprint density at radius 3 is 2.39 bits per heavy atom. The molecule has 9 heteroatoms. The molecular formula is C22H20O9. The van der Waals surface area contributed by atoms with Gasteiger partial charge in [-0.3, -0.25) is 9.59 Å². The summed E-state index contributed by atoms with van der Waals surface area (Å²) in [7, 11) is 0. The van der Waals surface area contributed by atoms with E-state index in [1.165, 1.54) is 0 Å². The lowest BCUT2D eigenvalue weighted by molar-refractivity contribution is -0.153. The fourth-order valence-corrected chi connectivity index (χ4v) is 4.12. The summed E-state index contributed by atoms with van der Waals surface area (Å²) in [5.74, 6) is -1.45. The predicted molar refractivity (Wildman–Crippen MR) is 103 cm³/mol. The monoisotopic (exact) mass is 428 g/mol. The number of fused-ring (bicyclic) bond motifs is 2. The van der Waals surface area contributed by atoms with E-state index in [9.17, 15) is 14.7 Å². The van der Waals surface area contributed by atoms with E-state index >= 15 is 0 Å². The first kappa shape index (κ1) is 19.5. The van der Waals surface area contributed by atoms with E-state index in [2.05, 4.69) is 0 Å². The Hall–Kier alpha value is -3.46. The molecule has 0 unspecified atom stereocenters. The maximum atomic E-state index is 12.9. The number of aliphatic hydroxyl groups excluding tert-OH is 1. The number of hydrogen-bond acceptors (Lipinski definition) is 9. The van der Waals surface area contributed by atoms with E-state index in [4.69, 9.17) is 28.4 Å². The summed E-state index contributed by atoms with van der Waals surface area (Å²) >= 11 is 0. The van der Waals surface area contributed by atoms with Gasteiger partial charge in [0.25, 0.3) is 0 Å². The Kier molecular flexibility index (Phi) is 4.82. The van der Waals surface area contributed by atoms with Gasteiger partial charge in [-0.25, -0.2) is 0 Å². The van der Waals surface area contributed by atoms with Crippen molar-refractivity contribution in [3.63, 3.8) is 0 Å². The molecule has 0 aromatic heterocycles. The molecular weight excluding hydrogens is 408 g/mol. The number of esters is 2. The number of carbonyl (C=O) groups is 2. The quantitative estimate of drug-likeness (QED) is 0.717. The molecule has 0 aliphatic carbocycles. The maximum absolute atomic E-state index is 12.9. The van der Waals surface area contributed by atoms with Crippen LogP contribution in [0.4, 0.5) is 0 Å². The highest BCUT2D eigenvalue weighted by Gasteiger charge is 2.54. The molecule has 162 valence electrons. The SMILES string of the molecule is CCOC(=O)[C@H]1[C@H]([C@H](O)c2ccc3c(c2)OCO3)C(=O)O[C@H]1c1ccc2c(c1)OCO2. The van der Waals surface area contributed by atoms with Gasteiger partial charge >= 0.3 is 11.9 Å². The van der Waals surface area contributed by atoms with Crippen LogP contribution >= 0.6 is 0 Å². The Morgan fingerprint density at radius 2 is 1.68 bits per heavy atom. The summed E-state index contributed by atoms with van der Waals surface area (Å²) in [5.41, 5.74) is 0.961. The van der Waals surface area contributed by atoms with Crippen molar-refractivity contribution in [1.29, 1.82) is 0 Å². The van der Waals surface area contributed by atoms with Crippen molar-refractivity contribution in [1.82, 2.24) is 0 Å². The highest BCUT2D eigenvalue weighted by molar-refractivity contribution is 5.86. The lowest BCUT2D eigenvalue weighted by atomic mass is 9.81. The highest BCUT2D eigenvalue weighted by atomic mass is 16.7. The number of benzene rings is 2. The molecule has 31 heavy (non-hydrogen) atoms. The molecule has 0 saturated carbocycles. The van der Waals surface area contributed by atoms with Crippen LogP contribution in [-0.4, -0.2) is 37.2 Å². The lowest BCUT2D eigenvalue weighted by Crippen LogP contribution is -2.32. The van der Waals surface area contributed by atoms with Crippen LogP contribution in [0.15, 0.2) is 36.4 Å². The number of ether oxygens (including phenoxy) is 6. The van der Waals surface area contributed by atoms with E-state index in [1.54, 1.807) is 43.3 Å². The first-order chi connectivity index (χ1) is 15.1. The number of hydrogen-bond donors (Lipinski definition) is 1. The van der Waals surface area contributed by atoms with Gasteiger partial charge in [-0.1, -0.05) is 12.1 Å². The molecule has 1 fully saturated rings. The normalized spacial score (nSPS) is 24.1. The summed E-state index contributed by atoms with van der Waals surface area (Å²) in [6.45, 7) is 1.98. The van der Waals surface area contributed by atoms with Crippen molar-refractivity contribution in [2.45, 2.75) is 19.1 Å². The largest absolute Gasteiger partial charge is 0.466 e. The van der Waals surface area contributed by atoms with Crippen molar-refractivity contribution >= 4 is 11.9 Å². The minimum absolute atomic E-state index is 0.0813. The summed E-state index contributed by atoms with van der Waals surface area (Å²) in [6, 6.07) is 9.93. The molecule has 9 nitrogen and oxygen atoms in total. The number of rotatable bonds is 5. The number of aliphatic hydroxyl groups is 1. The van der Waals surface area contributed by atoms with Crippen LogP contribution in [0, 0.1) is 11.8 Å². The van der Waals surface area contributed by atoms with Crippen molar-refractivity contribution < 1.29 is 43.1 Å². The first-order valence-electron chi connectivity index (χ1n) is 9.91. The summed E-state index contributed by atoms with van der Waals surface area (Å²) < 4.78 is 32.2. The van der Waals surface area contributed by atoms with Crippen LogP contribution in [0.2, 0.25) is 0 Å². The van der Waals surface area contributed by atoms with Gasteiger partial charge in [0.05, 0.1) is 12.7 Å². The van der Waals surface area contributed by atoms with Gasteiger partial charge in [-0.15, -0.1) is 0 Å². The van der Waals surface area contributed by atoms with Crippen LogP contribution < -0.4 is 18.9 Å². The molecule has 1 N–H and O–H groups in total. The average molecular weight is 428 g/mol. The minimum atomic E-state index is -1.31. The molecule has 0 bridgehead atoms. The van der Waals surface area contributed by atoms with E-state index in [0.717, 1.165) is 0 Å². The second kappa shape index (κ2) is 7.66. The Labute approximate surface area is 177 Å². The van der Waals surface area contributed by atoms with Crippen LogP contribution in [-0.2, 0) is 19.1 Å². The topological polar surface area (TPSA) is 110 Å². The Balaban J connectivity index is 1.50. The van der Waals surface area contributed by atoms with Gasteiger partial charge in [-0.05, 0) is 42.3 Å². The zero-order chi connectivity index (χ0) is 21.5. The maximum Gasteiger partial charge on any atom is 0.314 e. The highest BCUT2D eigenvalue weighted by Crippen LogP contribution is 2.48. The fraction of sp³-hybridized carbons (Fsp3) is 0.364. The smallest absolute Gasteiger partial charge is 0.314 e. The third-order valence-corrected chi connectivity index (χ3v) is 5.59. The zero-order valence-electron chi connectivity index (χ0n) is 16.6. The Bertz CT molecular complexity index is 1030. The first-order valence-corrected chi connectivity index (χ1v) is 9.91. The minimum Gasteiger partial charge on any atom is -0.466 e. The third kappa shape index (κ3) is 3.31. The van der Waals surface area contributed by atoms with E-state index < -0.39 is 36.0 Å². The molecule has 1 saturated heterocycles. The second-order valence-corrected chi connectivity index (χ2v) is 7.33. The molecule has 3 aliphatic rings. The molecule has 0 spiro atoms. The van der Waals surface area contributed by atoms with Crippen LogP contribution in [0.25, 0.3) is 0 Å². The van der Waals surface area contributed by atoms with Crippen LogP contribution in [0.5, 0.6) is 23.0 Å². The zero-order valence-corrected chi connectivity index (χ0v) is 16.6. The third-order valence-electron chi connectivity index (χ3n) is 5.59. The van der Waals surface area contributed by atoms with E-state index in [0.29, 0.717) is 34.1 Å². The molecule has 3 heterocycles. The van der Waals surface area contributed by atoms with Crippen LogP contribution in [0.1, 0.15) is 30.3 Å². The van der Waals surface area contributed by atoms with Gasteiger partial charge in [-0.2, -0.15) is 0 Å². The number of carbonyl (C=O) groups excluding carboxylic acids is 2. The fourth-order valence-electron chi connectivity index (χ4n) is 4.12. The average Bonchev–Trinajstić information content (AvgIpc) is 3.50. The van der Waals surface area contributed by atoms with Gasteiger partial charge in [0.15, 0.2) is 23.0 Å². The van der Waals surface area contributed by atoms with Gasteiger partial charge in [0, 0.05) is 0 Å². The summed E-state index contributed by atoms with van der Waals surface area (Å²) in [5, 5.41) is 11.1. The molecule has 3 aliphatic heterocycles. The second-order valence-electron chi connectivity index (χ2n) is 7.33. The molecule has 0 radical (unpaired) electrons. The summed E-state index contributed by atoms with van der Waals surface area (Å²) in [6.07, 6.45) is -2.25. The van der Waals surface area contributed by atoms with Gasteiger partial charge in [0.1, 0.15) is 17.9 Å². The predicted octanol–water partition coefficient (Wildman–Crippen LogP) is 2.27. The molecule has 2 aromatic rings. The van der Waals surface area contributed by atoms with E-state index in [1.807, 2.05) is 0 Å². The lowest BCUT2D eigenvalue weighted by Gasteiger charge is -2.23. The molecule has 0 amide bonds. The van der Waals surface area contributed by atoms with E-state index in [-0.39, 0.29) is 20.2 Å². The van der Waals surface area contributed by atoms with Crippen molar-refractivity contribution in [2.24, 2.45) is 11.8 Å². The van der Waals surface area contributed by atoms with Gasteiger partial charge in [0.2, 0.25) is 13.6 Å². The van der Waals surface area contributed by atoms with Crippen LogP contribution in [0.3, 0.4) is 0 Å². The number of cyclic esters (lactones) is 1. The Morgan fingerprint density at radius 1 is 1.03 bits per heavy atom. The van der Waals surface area contributed by atoms with Crippen molar-refractivity contribution in [3.05, 3.63) is 47.5 Å².